The third kappa shape index (κ3) is 3.49. The zero-order valence-corrected chi connectivity index (χ0v) is 15.6. The molecule has 26 heavy (non-hydrogen) atoms. The molecule has 0 aliphatic carbocycles. The highest BCUT2D eigenvalue weighted by molar-refractivity contribution is 5.84. The van der Waals surface area contributed by atoms with Crippen LogP contribution in [0.4, 0.5) is 0 Å². The van der Waals surface area contributed by atoms with Gasteiger partial charge in [-0.05, 0) is 19.4 Å². The average Bonchev–Trinajstić information content (AvgIpc) is 3.30. The molecule has 2 aromatic heterocycles. The molecule has 8 heteroatoms. The molecule has 8 nitrogen and oxygen atoms in total. The average molecular weight is 358 g/mol. The molecule has 0 saturated carbocycles. The Balaban J connectivity index is 1.79. The van der Waals surface area contributed by atoms with Crippen molar-refractivity contribution < 1.29 is 9.59 Å². The topological polar surface area (TPSA) is 76.3 Å². The Bertz CT molecular complexity index is 754. The Morgan fingerprint density at radius 2 is 2.15 bits per heavy atom. The molecule has 0 radical (unpaired) electrons. The fourth-order valence-corrected chi connectivity index (χ4v) is 3.64. The fraction of sp³-hybridized carbons (Fsp3) is 0.556. The second-order valence-electron chi connectivity index (χ2n) is 6.70. The zero-order chi connectivity index (χ0) is 18.7. The van der Waals surface area contributed by atoms with Gasteiger partial charge < -0.3 is 14.4 Å². The van der Waals surface area contributed by atoms with E-state index in [9.17, 15) is 9.59 Å². The van der Waals surface area contributed by atoms with Crippen LogP contribution >= 0.6 is 0 Å². The molecule has 1 saturated heterocycles. The van der Waals surface area contributed by atoms with E-state index in [4.69, 9.17) is 0 Å². The summed E-state index contributed by atoms with van der Waals surface area (Å²) in [5, 5.41) is 4.17. The van der Waals surface area contributed by atoms with Crippen LogP contribution in [0.15, 0.2) is 30.9 Å². The maximum Gasteiger partial charge on any atom is 0.228 e. The summed E-state index contributed by atoms with van der Waals surface area (Å²) < 4.78 is 3.71. The SMILES string of the molecule is CCN1C(=O)CC[C@H](C(=O)N(C)CCn2cccn2)[C@H]1c1nccn1C. The minimum Gasteiger partial charge on any atom is -0.344 e. The summed E-state index contributed by atoms with van der Waals surface area (Å²) in [7, 11) is 3.71. The molecule has 2 aromatic rings. The van der Waals surface area contributed by atoms with Gasteiger partial charge in [0.1, 0.15) is 11.9 Å². The second-order valence-corrected chi connectivity index (χ2v) is 6.70. The predicted octanol–water partition coefficient (Wildman–Crippen LogP) is 1.07. The number of aryl methyl sites for hydroxylation is 1. The summed E-state index contributed by atoms with van der Waals surface area (Å²) in [6.45, 7) is 3.73. The fourth-order valence-electron chi connectivity index (χ4n) is 3.64. The van der Waals surface area contributed by atoms with Crippen molar-refractivity contribution in [2.75, 3.05) is 20.1 Å². The van der Waals surface area contributed by atoms with E-state index in [0.29, 0.717) is 32.5 Å². The monoisotopic (exact) mass is 358 g/mol. The minimum atomic E-state index is -0.319. The highest BCUT2D eigenvalue weighted by Gasteiger charge is 2.42. The number of likely N-dealkylation sites (N-methyl/N-ethyl adjacent to an activating group) is 1. The summed E-state index contributed by atoms with van der Waals surface area (Å²) in [5.74, 6) is 0.620. The van der Waals surface area contributed by atoms with Crippen LogP contribution in [0, 0.1) is 5.92 Å². The molecule has 2 atom stereocenters. The van der Waals surface area contributed by atoms with Gasteiger partial charge in [0.05, 0.1) is 12.5 Å². The lowest BCUT2D eigenvalue weighted by Crippen LogP contribution is -2.49. The minimum absolute atomic E-state index is 0.0520. The zero-order valence-electron chi connectivity index (χ0n) is 15.6. The largest absolute Gasteiger partial charge is 0.344 e. The lowest BCUT2D eigenvalue weighted by Gasteiger charge is -2.40. The molecule has 1 fully saturated rings. The molecule has 3 rings (SSSR count). The van der Waals surface area contributed by atoms with Crippen molar-refractivity contribution >= 4 is 11.8 Å². The van der Waals surface area contributed by atoms with Gasteiger partial charge in [-0.1, -0.05) is 0 Å². The van der Waals surface area contributed by atoms with Gasteiger partial charge in [0.25, 0.3) is 0 Å². The van der Waals surface area contributed by atoms with Gasteiger partial charge in [-0.2, -0.15) is 5.10 Å². The van der Waals surface area contributed by atoms with E-state index >= 15 is 0 Å². The third-order valence-corrected chi connectivity index (χ3v) is 5.09. The Hall–Kier alpha value is -2.64. The number of piperidine rings is 1. The number of carbonyl (C=O) groups excluding carboxylic acids is 2. The number of hydrogen-bond donors (Lipinski definition) is 0. The first-order chi connectivity index (χ1) is 12.5. The van der Waals surface area contributed by atoms with Gasteiger partial charge in [-0.15, -0.1) is 0 Å². The van der Waals surface area contributed by atoms with Crippen LogP contribution < -0.4 is 0 Å². The summed E-state index contributed by atoms with van der Waals surface area (Å²) in [6, 6.07) is 1.55. The molecule has 0 unspecified atom stereocenters. The molecule has 140 valence electrons. The van der Waals surface area contributed by atoms with E-state index in [1.54, 1.807) is 22.2 Å². The van der Waals surface area contributed by atoms with Gasteiger partial charge in [0.15, 0.2) is 0 Å². The standard InChI is InChI=1S/C18H26N6O2/c1-4-24-15(25)7-6-14(16(24)17-19-9-11-21(17)2)18(26)22(3)12-13-23-10-5-8-20-23/h5,8-11,14,16H,4,6-7,12-13H2,1-3H3/t14-,16-/m0/s1. The molecule has 1 aliphatic rings. The lowest BCUT2D eigenvalue weighted by atomic mass is 9.86. The molecule has 2 amide bonds. The molecular weight excluding hydrogens is 332 g/mol. The van der Waals surface area contributed by atoms with Gasteiger partial charge in [0.2, 0.25) is 11.8 Å². The van der Waals surface area contributed by atoms with Gasteiger partial charge in [-0.25, -0.2) is 4.98 Å². The van der Waals surface area contributed by atoms with Crippen molar-refractivity contribution in [3.63, 3.8) is 0 Å². The van der Waals surface area contributed by atoms with Crippen LogP contribution in [-0.2, 0) is 23.2 Å². The van der Waals surface area contributed by atoms with Crippen LogP contribution in [0.25, 0.3) is 0 Å². The first kappa shape index (κ1) is 18.2. The van der Waals surface area contributed by atoms with Crippen LogP contribution in [0.2, 0.25) is 0 Å². The molecule has 0 aromatic carbocycles. The van der Waals surface area contributed by atoms with Crippen LogP contribution in [0.3, 0.4) is 0 Å². The van der Waals surface area contributed by atoms with E-state index in [1.165, 1.54) is 0 Å². The molecule has 1 aliphatic heterocycles. The van der Waals surface area contributed by atoms with Crippen molar-refractivity contribution in [2.45, 2.75) is 32.4 Å². The normalized spacial score (nSPS) is 20.4. The Kier molecular flexibility index (Phi) is 5.39. The van der Waals surface area contributed by atoms with Crippen molar-refractivity contribution in [3.05, 3.63) is 36.7 Å². The third-order valence-electron chi connectivity index (χ3n) is 5.09. The summed E-state index contributed by atoms with van der Waals surface area (Å²) in [5.41, 5.74) is 0. The Morgan fingerprint density at radius 1 is 1.35 bits per heavy atom. The number of rotatable bonds is 6. The van der Waals surface area contributed by atoms with E-state index < -0.39 is 0 Å². The Labute approximate surface area is 153 Å². The number of hydrogen-bond acceptors (Lipinski definition) is 4. The maximum atomic E-state index is 13.2. The highest BCUT2D eigenvalue weighted by atomic mass is 16.2. The summed E-state index contributed by atoms with van der Waals surface area (Å²) in [4.78, 5) is 33.5. The second kappa shape index (κ2) is 7.72. The van der Waals surface area contributed by atoms with Crippen molar-refractivity contribution in [3.8, 4) is 0 Å². The molecular formula is C18H26N6O2. The smallest absolute Gasteiger partial charge is 0.228 e. The predicted molar refractivity (Wildman–Crippen MR) is 95.9 cm³/mol. The maximum absolute atomic E-state index is 13.2. The summed E-state index contributed by atoms with van der Waals surface area (Å²) >= 11 is 0. The highest BCUT2D eigenvalue weighted by Crippen LogP contribution is 2.36. The number of amides is 2. The number of imidazole rings is 1. The molecule has 0 N–H and O–H groups in total. The van der Waals surface area contributed by atoms with Crippen LogP contribution in [-0.4, -0.2) is 61.1 Å². The van der Waals surface area contributed by atoms with Crippen LogP contribution in [0.5, 0.6) is 0 Å². The van der Waals surface area contributed by atoms with Crippen molar-refractivity contribution in [1.82, 2.24) is 29.1 Å². The first-order valence-corrected chi connectivity index (χ1v) is 9.02. The molecule has 3 heterocycles. The summed E-state index contributed by atoms with van der Waals surface area (Å²) in [6.07, 6.45) is 8.13. The first-order valence-electron chi connectivity index (χ1n) is 9.02. The van der Waals surface area contributed by atoms with Gasteiger partial charge in [-0.3, -0.25) is 14.3 Å². The number of carbonyl (C=O) groups is 2. The van der Waals surface area contributed by atoms with E-state index in [1.807, 2.05) is 48.7 Å². The van der Waals surface area contributed by atoms with Crippen molar-refractivity contribution in [1.29, 1.82) is 0 Å². The Morgan fingerprint density at radius 3 is 2.77 bits per heavy atom. The number of likely N-dealkylation sites (tertiary alicyclic amines) is 1. The molecule has 0 bridgehead atoms. The van der Waals surface area contributed by atoms with E-state index in [2.05, 4.69) is 10.1 Å². The number of aromatic nitrogens is 4. The lowest BCUT2D eigenvalue weighted by molar-refractivity contribution is -0.147. The van der Waals surface area contributed by atoms with Crippen LogP contribution in [0.1, 0.15) is 31.6 Å². The van der Waals surface area contributed by atoms with Crippen molar-refractivity contribution in [2.24, 2.45) is 13.0 Å². The van der Waals surface area contributed by atoms with E-state index in [0.717, 1.165) is 5.82 Å². The van der Waals surface area contributed by atoms with E-state index in [-0.39, 0.29) is 23.8 Å². The molecule has 0 spiro atoms. The quantitative estimate of drug-likeness (QED) is 0.774. The number of nitrogens with zero attached hydrogens (tertiary/aromatic N) is 6. The van der Waals surface area contributed by atoms with Gasteiger partial charge >= 0.3 is 0 Å². The van der Waals surface area contributed by atoms with Gasteiger partial charge in [0, 0.05) is 58.4 Å².